The number of benzene rings is 1. The molecule has 2 N–H and O–H groups in total. The maximum atomic E-state index is 11.6. The quantitative estimate of drug-likeness (QED) is 0.620. The minimum absolute atomic E-state index is 0.0865. The lowest BCUT2D eigenvalue weighted by Crippen LogP contribution is -2.11. The van der Waals surface area contributed by atoms with Crippen molar-refractivity contribution in [3.63, 3.8) is 0 Å². The molecule has 1 fully saturated rings. The van der Waals surface area contributed by atoms with E-state index in [2.05, 4.69) is 0 Å². The van der Waals surface area contributed by atoms with Gasteiger partial charge in [0.15, 0.2) is 11.5 Å². The summed E-state index contributed by atoms with van der Waals surface area (Å²) in [5.74, 6) is 1.01. The van der Waals surface area contributed by atoms with E-state index in [1.54, 1.807) is 13.2 Å². The first-order valence-corrected chi connectivity index (χ1v) is 5.83. The van der Waals surface area contributed by atoms with E-state index < -0.39 is 0 Å². The Morgan fingerprint density at radius 3 is 2.76 bits per heavy atom. The molecule has 1 aromatic carbocycles. The average molecular weight is 235 g/mol. The molecular formula is C13H17NO3. The van der Waals surface area contributed by atoms with Crippen LogP contribution < -0.4 is 15.2 Å². The van der Waals surface area contributed by atoms with Gasteiger partial charge in [-0.15, -0.1) is 0 Å². The van der Waals surface area contributed by atoms with Crippen molar-refractivity contribution >= 4 is 5.97 Å². The Balaban J connectivity index is 2.12. The van der Waals surface area contributed by atoms with Crippen LogP contribution in [0.3, 0.4) is 0 Å². The Hall–Kier alpha value is -1.55. The lowest BCUT2D eigenvalue weighted by molar-refractivity contribution is -0.135. The molecule has 0 radical (unpaired) electrons. The maximum absolute atomic E-state index is 11.6. The second-order valence-electron chi connectivity index (χ2n) is 4.22. The van der Waals surface area contributed by atoms with Crippen molar-refractivity contribution in [2.24, 2.45) is 11.7 Å². The van der Waals surface area contributed by atoms with Gasteiger partial charge in [0.2, 0.25) is 0 Å². The number of esters is 1. The largest absolute Gasteiger partial charge is 0.493 e. The van der Waals surface area contributed by atoms with Crippen LogP contribution in [0.15, 0.2) is 18.2 Å². The van der Waals surface area contributed by atoms with Crippen LogP contribution in [0.4, 0.5) is 0 Å². The predicted molar refractivity (Wildman–Crippen MR) is 64.1 cm³/mol. The van der Waals surface area contributed by atoms with Crippen molar-refractivity contribution in [2.75, 3.05) is 13.7 Å². The number of carbonyl (C=O) groups excluding carboxylic acids is 1. The molecule has 1 aliphatic carbocycles. The molecule has 0 atom stereocenters. The van der Waals surface area contributed by atoms with Crippen LogP contribution in [0.5, 0.6) is 11.5 Å². The van der Waals surface area contributed by atoms with E-state index in [0.717, 1.165) is 24.8 Å². The van der Waals surface area contributed by atoms with E-state index in [9.17, 15) is 4.79 Å². The highest BCUT2D eigenvalue weighted by Crippen LogP contribution is 2.34. The molecule has 2 rings (SSSR count). The molecule has 0 saturated heterocycles. The number of ether oxygens (including phenoxy) is 2. The van der Waals surface area contributed by atoms with Crippen LogP contribution in [0.25, 0.3) is 0 Å². The number of hydrogen-bond acceptors (Lipinski definition) is 4. The van der Waals surface area contributed by atoms with Gasteiger partial charge in [0.1, 0.15) is 0 Å². The first-order valence-electron chi connectivity index (χ1n) is 5.83. The first-order chi connectivity index (χ1) is 8.24. The van der Waals surface area contributed by atoms with Gasteiger partial charge >= 0.3 is 5.97 Å². The highest BCUT2D eigenvalue weighted by Gasteiger charge is 2.32. The molecule has 0 aliphatic heterocycles. The third kappa shape index (κ3) is 2.97. The topological polar surface area (TPSA) is 61.6 Å². The van der Waals surface area contributed by atoms with Crippen molar-refractivity contribution < 1.29 is 14.3 Å². The molecule has 4 nitrogen and oxygen atoms in total. The second kappa shape index (κ2) is 5.19. The molecule has 0 unspecified atom stereocenters. The molecule has 0 amide bonds. The highest BCUT2D eigenvalue weighted by atomic mass is 16.6. The Morgan fingerprint density at radius 1 is 1.41 bits per heavy atom. The van der Waals surface area contributed by atoms with Crippen LogP contribution in [0, 0.1) is 5.92 Å². The fourth-order valence-corrected chi connectivity index (χ4v) is 1.63. The second-order valence-corrected chi connectivity index (χ2v) is 4.22. The van der Waals surface area contributed by atoms with Crippen LogP contribution in [0.1, 0.15) is 18.4 Å². The zero-order chi connectivity index (χ0) is 12.3. The lowest BCUT2D eigenvalue weighted by Gasteiger charge is -2.10. The molecule has 1 aliphatic rings. The summed E-state index contributed by atoms with van der Waals surface area (Å²) in [6.07, 6.45) is 2.66. The van der Waals surface area contributed by atoms with Crippen molar-refractivity contribution in [3.05, 3.63) is 23.8 Å². The van der Waals surface area contributed by atoms with Gasteiger partial charge in [-0.25, -0.2) is 0 Å². The standard InChI is InChI=1S/C13H17NO3/c1-16-12-8-9(6-7-14)2-5-11(12)17-13(15)10-3-4-10/h2,5,8,10H,3-4,6-7,14H2,1H3. The van der Waals surface area contributed by atoms with Gasteiger partial charge in [0.25, 0.3) is 0 Å². The number of nitrogens with two attached hydrogens (primary N) is 1. The minimum atomic E-state index is -0.158. The number of hydrogen-bond donors (Lipinski definition) is 1. The summed E-state index contributed by atoms with van der Waals surface area (Å²) >= 11 is 0. The van der Waals surface area contributed by atoms with Crippen molar-refractivity contribution in [1.82, 2.24) is 0 Å². The molecule has 1 aromatic rings. The summed E-state index contributed by atoms with van der Waals surface area (Å²) in [5.41, 5.74) is 6.57. The van der Waals surface area contributed by atoms with Crippen LogP contribution >= 0.6 is 0 Å². The summed E-state index contributed by atoms with van der Waals surface area (Å²) in [4.78, 5) is 11.6. The van der Waals surface area contributed by atoms with Gasteiger partial charge in [-0.2, -0.15) is 0 Å². The molecule has 1 saturated carbocycles. The fourth-order valence-electron chi connectivity index (χ4n) is 1.63. The molecule has 4 heteroatoms. The van der Waals surface area contributed by atoms with Crippen molar-refractivity contribution in [3.8, 4) is 11.5 Å². The highest BCUT2D eigenvalue weighted by molar-refractivity contribution is 5.78. The zero-order valence-electron chi connectivity index (χ0n) is 9.94. The molecular weight excluding hydrogens is 218 g/mol. The molecule has 0 bridgehead atoms. The Labute approximate surface area is 101 Å². The minimum Gasteiger partial charge on any atom is -0.493 e. The van der Waals surface area contributed by atoms with Gasteiger partial charge in [-0.05, 0) is 43.5 Å². The maximum Gasteiger partial charge on any atom is 0.314 e. The molecule has 17 heavy (non-hydrogen) atoms. The summed E-state index contributed by atoms with van der Waals surface area (Å²) in [6, 6.07) is 5.54. The van der Waals surface area contributed by atoms with Gasteiger partial charge in [0, 0.05) is 0 Å². The third-order valence-corrected chi connectivity index (χ3v) is 2.78. The van der Waals surface area contributed by atoms with E-state index in [-0.39, 0.29) is 11.9 Å². The van der Waals surface area contributed by atoms with Crippen molar-refractivity contribution in [2.45, 2.75) is 19.3 Å². The van der Waals surface area contributed by atoms with E-state index in [1.165, 1.54) is 0 Å². The van der Waals surface area contributed by atoms with E-state index in [0.29, 0.717) is 18.0 Å². The predicted octanol–water partition coefficient (Wildman–Crippen LogP) is 1.51. The van der Waals surface area contributed by atoms with Gasteiger partial charge in [-0.1, -0.05) is 6.07 Å². The zero-order valence-corrected chi connectivity index (χ0v) is 9.94. The molecule has 0 heterocycles. The number of methoxy groups -OCH3 is 1. The summed E-state index contributed by atoms with van der Waals surface area (Å²) in [6.45, 7) is 0.588. The van der Waals surface area contributed by atoms with Crippen LogP contribution in [-0.4, -0.2) is 19.6 Å². The SMILES string of the molecule is COc1cc(CCN)ccc1OC(=O)C1CC1. The summed E-state index contributed by atoms with van der Waals surface area (Å²) in [5, 5.41) is 0. The van der Waals surface area contributed by atoms with E-state index >= 15 is 0 Å². The summed E-state index contributed by atoms with van der Waals surface area (Å²) in [7, 11) is 1.57. The van der Waals surface area contributed by atoms with Crippen molar-refractivity contribution in [1.29, 1.82) is 0 Å². The molecule has 0 spiro atoms. The van der Waals surface area contributed by atoms with Gasteiger partial charge in [0.05, 0.1) is 13.0 Å². The van der Waals surface area contributed by atoms with Gasteiger partial charge < -0.3 is 15.2 Å². The Morgan fingerprint density at radius 2 is 2.18 bits per heavy atom. The van der Waals surface area contributed by atoms with Crippen LogP contribution in [0.2, 0.25) is 0 Å². The smallest absolute Gasteiger partial charge is 0.314 e. The molecule has 92 valence electrons. The van der Waals surface area contributed by atoms with Crippen LogP contribution in [-0.2, 0) is 11.2 Å². The first kappa shape index (κ1) is 11.9. The monoisotopic (exact) mass is 235 g/mol. The van der Waals surface area contributed by atoms with E-state index in [1.807, 2.05) is 12.1 Å². The Kier molecular flexibility index (Phi) is 3.64. The number of rotatable bonds is 5. The van der Waals surface area contributed by atoms with Gasteiger partial charge in [-0.3, -0.25) is 4.79 Å². The third-order valence-electron chi connectivity index (χ3n) is 2.78. The normalized spacial score (nSPS) is 14.5. The average Bonchev–Trinajstić information content (AvgIpc) is 3.15. The number of carbonyl (C=O) groups is 1. The Bertz CT molecular complexity index is 413. The lowest BCUT2D eigenvalue weighted by atomic mass is 10.1. The fraction of sp³-hybridized carbons (Fsp3) is 0.462. The van der Waals surface area contributed by atoms with E-state index in [4.69, 9.17) is 15.2 Å². The molecule has 0 aromatic heterocycles. The summed E-state index contributed by atoms with van der Waals surface area (Å²) < 4.78 is 10.5.